The Kier molecular flexibility index (Phi) is 4.28. The second-order valence-corrected chi connectivity index (χ2v) is 6.88. The van der Waals surface area contributed by atoms with Crippen molar-refractivity contribution in [3.63, 3.8) is 0 Å². The Morgan fingerprint density at radius 2 is 1.64 bits per heavy atom. The quantitative estimate of drug-likeness (QED) is 0.436. The summed E-state index contributed by atoms with van der Waals surface area (Å²) in [7, 11) is 0. The third kappa shape index (κ3) is 3.17. The largest absolute Gasteiger partial charge is 0.287 e. The molecule has 0 bridgehead atoms. The molecular formula is C21H17FN2S. The molecule has 2 nitrogen and oxygen atoms in total. The minimum atomic E-state index is -0.173. The predicted octanol–water partition coefficient (Wildman–Crippen LogP) is 5.77. The summed E-state index contributed by atoms with van der Waals surface area (Å²) in [4.78, 5) is 4.76. The lowest BCUT2D eigenvalue weighted by Gasteiger charge is -2.09. The lowest BCUT2D eigenvalue weighted by Crippen LogP contribution is -1.97. The Morgan fingerprint density at radius 3 is 2.44 bits per heavy atom. The van der Waals surface area contributed by atoms with Crippen molar-refractivity contribution in [3.05, 3.63) is 89.7 Å². The number of fused-ring (bicyclic) bond motifs is 1. The van der Waals surface area contributed by atoms with Crippen LogP contribution < -0.4 is 0 Å². The third-order valence-electron chi connectivity index (χ3n) is 4.14. The molecule has 124 valence electrons. The second kappa shape index (κ2) is 6.73. The molecule has 0 saturated heterocycles. The molecule has 0 N–H and O–H groups in total. The summed E-state index contributed by atoms with van der Waals surface area (Å²) in [5, 5.41) is 0.869. The third-order valence-corrected chi connectivity index (χ3v) is 5.12. The number of imidazole rings is 1. The van der Waals surface area contributed by atoms with E-state index in [0.717, 1.165) is 21.9 Å². The van der Waals surface area contributed by atoms with E-state index in [2.05, 4.69) is 41.8 Å². The molecule has 0 atom stereocenters. The summed E-state index contributed by atoms with van der Waals surface area (Å²) in [6.07, 6.45) is 0. The summed E-state index contributed by atoms with van der Waals surface area (Å²) >= 11 is 1.55. The first kappa shape index (κ1) is 15.9. The van der Waals surface area contributed by atoms with Crippen molar-refractivity contribution in [3.8, 4) is 5.69 Å². The van der Waals surface area contributed by atoms with E-state index in [1.165, 1.54) is 11.6 Å². The number of nitrogens with zero attached hydrogens (tertiary/aromatic N) is 2. The Labute approximate surface area is 150 Å². The van der Waals surface area contributed by atoms with Crippen LogP contribution in [0.3, 0.4) is 0 Å². The molecule has 0 unspecified atom stereocenters. The Morgan fingerprint density at radius 1 is 0.920 bits per heavy atom. The highest BCUT2D eigenvalue weighted by Crippen LogP contribution is 2.30. The molecular weight excluding hydrogens is 331 g/mol. The number of rotatable bonds is 4. The van der Waals surface area contributed by atoms with E-state index in [9.17, 15) is 4.39 Å². The van der Waals surface area contributed by atoms with Crippen LogP contribution in [0.4, 0.5) is 4.39 Å². The maximum atomic E-state index is 13.9. The van der Waals surface area contributed by atoms with Gasteiger partial charge in [0.05, 0.1) is 11.0 Å². The zero-order valence-corrected chi connectivity index (χ0v) is 14.6. The lowest BCUT2D eigenvalue weighted by atomic mass is 10.2. The molecule has 0 radical (unpaired) electrons. The van der Waals surface area contributed by atoms with Crippen LogP contribution >= 0.6 is 11.8 Å². The first-order valence-corrected chi connectivity index (χ1v) is 9.12. The van der Waals surface area contributed by atoms with Gasteiger partial charge in [0.15, 0.2) is 5.16 Å². The van der Waals surface area contributed by atoms with Crippen molar-refractivity contribution < 1.29 is 4.39 Å². The van der Waals surface area contributed by atoms with Gasteiger partial charge in [0.1, 0.15) is 5.82 Å². The van der Waals surface area contributed by atoms with Crippen molar-refractivity contribution >= 4 is 22.8 Å². The number of aromatic nitrogens is 2. The summed E-state index contributed by atoms with van der Waals surface area (Å²) in [5.74, 6) is 0.370. The maximum absolute atomic E-state index is 13.9. The first-order valence-electron chi connectivity index (χ1n) is 8.13. The molecule has 0 aliphatic heterocycles. The first-order chi connectivity index (χ1) is 12.2. The van der Waals surface area contributed by atoms with E-state index in [1.807, 2.05) is 30.3 Å². The van der Waals surface area contributed by atoms with Crippen LogP contribution in [-0.2, 0) is 5.75 Å². The van der Waals surface area contributed by atoms with Crippen molar-refractivity contribution in [1.29, 1.82) is 0 Å². The van der Waals surface area contributed by atoms with Gasteiger partial charge in [-0.15, -0.1) is 0 Å². The molecule has 25 heavy (non-hydrogen) atoms. The van der Waals surface area contributed by atoms with Gasteiger partial charge in [-0.3, -0.25) is 4.57 Å². The molecule has 3 aromatic carbocycles. The van der Waals surface area contributed by atoms with E-state index < -0.39 is 0 Å². The number of aryl methyl sites for hydroxylation is 1. The zero-order valence-electron chi connectivity index (χ0n) is 13.8. The number of hydrogen-bond donors (Lipinski definition) is 0. The number of para-hydroxylation sites is 2. The van der Waals surface area contributed by atoms with Gasteiger partial charge in [0.2, 0.25) is 0 Å². The standard InChI is InChI=1S/C21H17FN2S/c1-15-10-12-17(13-11-15)24-20-9-5-4-8-19(20)23-21(24)25-14-16-6-2-3-7-18(16)22/h2-13H,14H2,1H3. The van der Waals surface area contributed by atoms with E-state index in [-0.39, 0.29) is 5.82 Å². The second-order valence-electron chi connectivity index (χ2n) is 5.93. The molecule has 0 aliphatic rings. The van der Waals surface area contributed by atoms with Crippen LogP contribution in [0.2, 0.25) is 0 Å². The predicted molar refractivity (Wildman–Crippen MR) is 102 cm³/mol. The van der Waals surface area contributed by atoms with Crippen LogP contribution in [0, 0.1) is 12.7 Å². The molecule has 4 heteroatoms. The van der Waals surface area contributed by atoms with E-state index >= 15 is 0 Å². The molecule has 0 aliphatic carbocycles. The van der Waals surface area contributed by atoms with Crippen LogP contribution in [-0.4, -0.2) is 9.55 Å². The minimum Gasteiger partial charge on any atom is -0.287 e. The normalized spacial score (nSPS) is 11.1. The van der Waals surface area contributed by atoms with Crippen molar-refractivity contribution in [2.24, 2.45) is 0 Å². The molecule has 1 aromatic heterocycles. The number of halogens is 1. The Balaban J connectivity index is 1.76. The monoisotopic (exact) mass is 348 g/mol. The molecule has 0 saturated carbocycles. The van der Waals surface area contributed by atoms with Crippen LogP contribution in [0.1, 0.15) is 11.1 Å². The highest BCUT2D eigenvalue weighted by molar-refractivity contribution is 7.98. The highest BCUT2D eigenvalue weighted by atomic mass is 32.2. The van der Waals surface area contributed by atoms with Crippen LogP contribution in [0.5, 0.6) is 0 Å². The molecule has 4 rings (SSSR count). The number of benzene rings is 3. The van der Waals surface area contributed by atoms with E-state index in [0.29, 0.717) is 11.3 Å². The van der Waals surface area contributed by atoms with Gasteiger partial charge in [-0.2, -0.15) is 0 Å². The van der Waals surface area contributed by atoms with Gasteiger partial charge >= 0.3 is 0 Å². The molecule has 0 amide bonds. The molecule has 0 spiro atoms. The fourth-order valence-electron chi connectivity index (χ4n) is 2.80. The summed E-state index contributed by atoms with van der Waals surface area (Å²) in [5.41, 5.74) is 4.97. The van der Waals surface area contributed by atoms with Crippen molar-refractivity contribution in [2.75, 3.05) is 0 Å². The lowest BCUT2D eigenvalue weighted by molar-refractivity contribution is 0.617. The van der Waals surface area contributed by atoms with Gasteiger partial charge in [0.25, 0.3) is 0 Å². The average Bonchev–Trinajstić information content (AvgIpc) is 3.00. The van der Waals surface area contributed by atoms with E-state index in [4.69, 9.17) is 4.98 Å². The molecule has 0 fully saturated rings. The van der Waals surface area contributed by atoms with Crippen LogP contribution in [0.15, 0.2) is 78.0 Å². The van der Waals surface area contributed by atoms with Gasteiger partial charge in [0, 0.05) is 11.4 Å². The Bertz CT molecular complexity index is 1020. The fourth-order valence-corrected chi connectivity index (χ4v) is 3.82. The molecule has 1 heterocycles. The van der Waals surface area contributed by atoms with E-state index in [1.54, 1.807) is 17.8 Å². The average molecular weight is 348 g/mol. The summed E-state index contributed by atoms with van der Waals surface area (Å²) in [6, 6.07) is 23.3. The van der Waals surface area contributed by atoms with Gasteiger partial charge in [-0.25, -0.2) is 9.37 Å². The zero-order chi connectivity index (χ0) is 17.2. The van der Waals surface area contributed by atoms with Crippen LogP contribution in [0.25, 0.3) is 16.7 Å². The topological polar surface area (TPSA) is 17.8 Å². The van der Waals surface area contributed by atoms with Gasteiger partial charge in [-0.1, -0.05) is 59.8 Å². The minimum absolute atomic E-state index is 0.173. The maximum Gasteiger partial charge on any atom is 0.174 e. The highest BCUT2D eigenvalue weighted by Gasteiger charge is 2.13. The van der Waals surface area contributed by atoms with Gasteiger partial charge < -0.3 is 0 Å². The number of hydrogen-bond acceptors (Lipinski definition) is 2. The Hall–Kier alpha value is -2.59. The fraction of sp³-hybridized carbons (Fsp3) is 0.0952. The summed E-state index contributed by atoms with van der Waals surface area (Å²) < 4.78 is 16.1. The van der Waals surface area contributed by atoms with Crippen molar-refractivity contribution in [2.45, 2.75) is 17.8 Å². The number of thioether (sulfide) groups is 1. The van der Waals surface area contributed by atoms with Gasteiger partial charge in [-0.05, 0) is 42.8 Å². The molecule has 4 aromatic rings. The van der Waals surface area contributed by atoms with Crippen molar-refractivity contribution in [1.82, 2.24) is 9.55 Å². The smallest absolute Gasteiger partial charge is 0.174 e. The summed E-state index contributed by atoms with van der Waals surface area (Å²) in [6.45, 7) is 2.07. The SMILES string of the molecule is Cc1ccc(-n2c(SCc3ccccc3F)nc3ccccc32)cc1.